The van der Waals surface area contributed by atoms with Crippen LogP contribution >= 0.6 is 0 Å². The summed E-state index contributed by atoms with van der Waals surface area (Å²) in [6.07, 6.45) is 2.58. The molecule has 1 aromatic rings. The summed E-state index contributed by atoms with van der Waals surface area (Å²) in [4.78, 5) is 12.1. The molecule has 88 valence electrons. The fourth-order valence-corrected chi connectivity index (χ4v) is 2.53. The van der Waals surface area contributed by atoms with Crippen molar-refractivity contribution in [2.24, 2.45) is 18.9 Å². The summed E-state index contributed by atoms with van der Waals surface area (Å²) < 4.78 is 1.90. The highest BCUT2D eigenvalue weighted by molar-refractivity contribution is 5.99. The lowest BCUT2D eigenvalue weighted by molar-refractivity contribution is 0.0951. The zero-order chi connectivity index (χ0) is 11.9. The summed E-state index contributed by atoms with van der Waals surface area (Å²) in [6.45, 7) is 6.46. The van der Waals surface area contributed by atoms with Crippen LogP contribution in [0.2, 0.25) is 0 Å². The number of rotatable bonds is 2. The third-order valence-corrected chi connectivity index (χ3v) is 3.19. The maximum atomic E-state index is 12.1. The molecule has 0 aromatic carbocycles. The van der Waals surface area contributed by atoms with Gasteiger partial charge in [-0.25, -0.2) is 0 Å². The molecular formula is C13H20N2O. The molecule has 0 saturated carbocycles. The van der Waals surface area contributed by atoms with Crippen LogP contribution in [0.5, 0.6) is 0 Å². The molecule has 0 fully saturated rings. The lowest BCUT2D eigenvalue weighted by Crippen LogP contribution is -2.19. The number of hydrogen-bond acceptors (Lipinski definition) is 2. The van der Waals surface area contributed by atoms with Crippen molar-refractivity contribution in [2.75, 3.05) is 0 Å². The molecule has 1 heterocycles. The first-order valence-corrected chi connectivity index (χ1v) is 6.07. The summed E-state index contributed by atoms with van der Waals surface area (Å²) in [5.74, 6) is 1.30. The van der Waals surface area contributed by atoms with E-state index >= 15 is 0 Å². The summed E-state index contributed by atoms with van der Waals surface area (Å²) in [6, 6.07) is 0. The Morgan fingerprint density at radius 2 is 2.12 bits per heavy atom. The molecular weight excluding hydrogens is 200 g/mol. The van der Waals surface area contributed by atoms with Crippen molar-refractivity contribution in [3.8, 4) is 0 Å². The average molecular weight is 220 g/mol. The van der Waals surface area contributed by atoms with Gasteiger partial charge < -0.3 is 0 Å². The minimum absolute atomic E-state index is 0.289. The molecule has 1 atom stereocenters. The van der Waals surface area contributed by atoms with Gasteiger partial charge in [0.05, 0.1) is 11.3 Å². The second-order valence-corrected chi connectivity index (χ2v) is 5.43. The van der Waals surface area contributed by atoms with E-state index in [-0.39, 0.29) is 5.78 Å². The number of nitrogens with zero attached hydrogens (tertiary/aromatic N) is 2. The molecule has 1 unspecified atom stereocenters. The summed E-state index contributed by atoms with van der Waals surface area (Å²) in [7, 11) is 1.95. The van der Waals surface area contributed by atoms with Crippen molar-refractivity contribution >= 4 is 5.78 Å². The zero-order valence-corrected chi connectivity index (χ0v) is 10.6. The molecule has 0 saturated heterocycles. The van der Waals surface area contributed by atoms with Gasteiger partial charge in [-0.2, -0.15) is 5.10 Å². The topological polar surface area (TPSA) is 34.9 Å². The third kappa shape index (κ3) is 1.91. The van der Waals surface area contributed by atoms with E-state index in [0.29, 0.717) is 18.3 Å². The van der Waals surface area contributed by atoms with Crippen molar-refractivity contribution in [3.05, 3.63) is 17.0 Å². The smallest absolute Gasteiger partial charge is 0.166 e. The molecule has 0 aliphatic heterocycles. The van der Waals surface area contributed by atoms with Crippen LogP contribution in [0.4, 0.5) is 0 Å². The number of fused-ring (bicyclic) bond motifs is 1. The van der Waals surface area contributed by atoms with Crippen molar-refractivity contribution in [3.63, 3.8) is 0 Å². The van der Waals surface area contributed by atoms with Gasteiger partial charge in [-0.15, -0.1) is 0 Å². The number of hydrogen-bond donors (Lipinski definition) is 0. The minimum atomic E-state index is 0.289. The van der Waals surface area contributed by atoms with E-state index in [2.05, 4.69) is 25.9 Å². The van der Waals surface area contributed by atoms with Gasteiger partial charge in [0, 0.05) is 19.2 Å². The molecule has 3 nitrogen and oxygen atoms in total. The second kappa shape index (κ2) is 4.04. The highest BCUT2D eigenvalue weighted by Gasteiger charge is 2.29. The Morgan fingerprint density at radius 1 is 1.44 bits per heavy atom. The molecule has 16 heavy (non-hydrogen) atoms. The Balaban J connectivity index is 2.43. The van der Waals surface area contributed by atoms with E-state index in [1.54, 1.807) is 0 Å². The van der Waals surface area contributed by atoms with Crippen LogP contribution in [-0.4, -0.2) is 15.6 Å². The van der Waals surface area contributed by atoms with Crippen LogP contribution in [0.1, 0.15) is 48.9 Å². The molecule has 1 aliphatic carbocycles. The highest BCUT2D eigenvalue weighted by Crippen LogP contribution is 2.28. The lowest BCUT2D eigenvalue weighted by atomic mass is 9.86. The maximum Gasteiger partial charge on any atom is 0.166 e. The van der Waals surface area contributed by atoms with Crippen molar-refractivity contribution in [1.82, 2.24) is 9.78 Å². The van der Waals surface area contributed by atoms with Crippen LogP contribution in [0.15, 0.2) is 0 Å². The largest absolute Gasteiger partial charge is 0.294 e. The molecule has 0 spiro atoms. The van der Waals surface area contributed by atoms with Gasteiger partial charge in [0.15, 0.2) is 5.78 Å². The molecule has 0 N–H and O–H groups in total. The standard InChI is InChI=1S/C13H20N2O/c1-8(2)5-10-13-11(15(4)14-10)6-9(3)7-12(13)16/h8-9H,5-7H2,1-4H3. The predicted molar refractivity (Wildman–Crippen MR) is 63.6 cm³/mol. The quantitative estimate of drug-likeness (QED) is 0.767. The minimum Gasteiger partial charge on any atom is -0.294 e. The Bertz CT molecular complexity index is 418. The SMILES string of the molecule is CC(C)Cc1nn(C)c2c1C(=O)CC(C)C2. The average Bonchev–Trinajstić information content (AvgIpc) is 2.42. The van der Waals surface area contributed by atoms with Gasteiger partial charge in [0.1, 0.15) is 0 Å². The lowest BCUT2D eigenvalue weighted by Gasteiger charge is -2.18. The van der Waals surface area contributed by atoms with Gasteiger partial charge in [0.25, 0.3) is 0 Å². The highest BCUT2D eigenvalue weighted by atomic mass is 16.1. The van der Waals surface area contributed by atoms with Crippen LogP contribution in [0.25, 0.3) is 0 Å². The van der Waals surface area contributed by atoms with Crippen molar-refractivity contribution < 1.29 is 4.79 Å². The van der Waals surface area contributed by atoms with Crippen LogP contribution in [0.3, 0.4) is 0 Å². The Labute approximate surface area is 96.8 Å². The van der Waals surface area contributed by atoms with Gasteiger partial charge in [-0.05, 0) is 24.7 Å². The fourth-order valence-electron chi connectivity index (χ4n) is 2.53. The predicted octanol–water partition coefficient (Wildman–Crippen LogP) is 2.38. The number of ketones is 1. The van der Waals surface area contributed by atoms with Crippen LogP contribution in [0, 0.1) is 11.8 Å². The van der Waals surface area contributed by atoms with E-state index in [1.165, 1.54) is 0 Å². The monoisotopic (exact) mass is 220 g/mol. The Hall–Kier alpha value is -1.12. The Kier molecular flexibility index (Phi) is 2.87. The van der Waals surface area contributed by atoms with Gasteiger partial charge in [-0.1, -0.05) is 20.8 Å². The first-order valence-electron chi connectivity index (χ1n) is 6.07. The van der Waals surface area contributed by atoms with E-state index in [1.807, 2.05) is 11.7 Å². The molecule has 0 radical (unpaired) electrons. The summed E-state index contributed by atoms with van der Waals surface area (Å²) in [5.41, 5.74) is 3.07. The van der Waals surface area contributed by atoms with Crippen LogP contribution in [-0.2, 0) is 19.9 Å². The number of aromatic nitrogens is 2. The fraction of sp³-hybridized carbons (Fsp3) is 0.692. The van der Waals surface area contributed by atoms with E-state index < -0.39 is 0 Å². The molecule has 2 rings (SSSR count). The zero-order valence-electron chi connectivity index (χ0n) is 10.6. The number of carbonyl (C=O) groups is 1. The van der Waals surface area contributed by atoms with E-state index in [9.17, 15) is 4.79 Å². The van der Waals surface area contributed by atoms with Gasteiger partial charge in [-0.3, -0.25) is 9.48 Å². The molecule has 1 aromatic heterocycles. The van der Waals surface area contributed by atoms with E-state index in [0.717, 1.165) is 29.8 Å². The molecule has 3 heteroatoms. The van der Waals surface area contributed by atoms with Crippen molar-refractivity contribution in [2.45, 2.75) is 40.0 Å². The number of aryl methyl sites for hydroxylation is 1. The maximum absolute atomic E-state index is 12.1. The molecule has 1 aliphatic rings. The molecule has 0 amide bonds. The van der Waals surface area contributed by atoms with Crippen LogP contribution < -0.4 is 0 Å². The number of Topliss-reactive ketones (excluding diaryl/α,β-unsaturated/α-hetero) is 1. The van der Waals surface area contributed by atoms with E-state index in [4.69, 9.17) is 0 Å². The first kappa shape index (κ1) is 11.4. The first-order chi connectivity index (χ1) is 7.49. The third-order valence-electron chi connectivity index (χ3n) is 3.19. The van der Waals surface area contributed by atoms with Crippen molar-refractivity contribution in [1.29, 1.82) is 0 Å². The summed E-state index contributed by atoms with van der Waals surface area (Å²) in [5, 5.41) is 4.51. The normalized spacial score (nSPS) is 20.3. The second-order valence-electron chi connectivity index (χ2n) is 5.43. The summed E-state index contributed by atoms with van der Waals surface area (Å²) >= 11 is 0. The number of carbonyl (C=O) groups excluding carboxylic acids is 1. The molecule has 0 bridgehead atoms. The van der Waals surface area contributed by atoms with Gasteiger partial charge in [0.2, 0.25) is 0 Å². The van der Waals surface area contributed by atoms with Gasteiger partial charge >= 0.3 is 0 Å². The Morgan fingerprint density at radius 3 is 2.75 bits per heavy atom.